The van der Waals surface area contributed by atoms with E-state index in [1.165, 1.54) is 4.31 Å². The van der Waals surface area contributed by atoms with Crippen LogP contribution in [0.5, 0.6) is 0 Å². The van der Waals surface area contributed by atoms with Crippen molar-refractivity contribution in [2.75, 3.05) is 11.4 Å². The van der Waals surface area contributed by atoms with Gasteiger partial charge in [-0.1, -0.05) is 42.5 Å². The molecule has 23 heavy (non-hydrogen) atoms. The molecule has 3 aromatic carbocycles. The first-order valence-corrected chi connectivity index (χ1v) is 8.88. The zero-order valence-electron chi connectivity index (χ0n) is 13.4. The Hall–Kier alpha value is -2.33. The van der Waals surface area contributed by atoms with Gasteiger partial charge in [-0.15, -0.1) is 0 Å². The molecule has 118 valence electrons. The molecule has 0 atom stereocenters. The Labute approximate surface area is 137 Å². The maximum atomic E-state index is 13.0. The van der Waals surface area contributed by atoms with E-state index in [1.807, 2.05) is 68.4 Å². The molecule has 3 aromatic rings. The molecule has 0 saturated carbocycles. The summed E-state index contributed by atoms with van der Waals surface area (Å²) < 4.78 is 27.3. The number of fused-ring (bicyclic) bond motifs is 1. The molecule has 0 aromatic heterocycles. The van der Waals surface area contributed by atoms with Crippen LogP contribution in [0, 0.1) is 13.8 Å². The van der Waals surface area contributed by atoms with Crippen LogP contribution in [0.2, 0.25) is 0 Å². The molecule has 0 fully saturated rings. The number of rotatable bonds is 3. The second kappa shape index (κ2) is 5.70. The van der Waals surface area contributed by atoms with Crippen molar-refractivity contribution in [1.29, 1.82) is 0 Å². The largest absolute Gasteiger partial charge is 0.269 e. The summed E-state index contributed by atoms with van der Waals surface area (Å²) in [5, 5.41) is 2.11. The number of hydrogen-bond acceptors (Lipinski definition) is 2. The van der Waals surface area contributed by atoms with E-state index >= 15 is 0 Å². The summed E-state index contributed by atoms with van der Waals surface area (Å²) in [5.74, 6) is 0. The number of sulfonamides is 1. The second-order valence-corrected chi connectivity index (χ2v) is 7.71. The van der Waals surface area contributed by atoms with Gasteiger partial charge in [-0.2, -0.15) is 0 Å². The maximum Gasteiger partial charge on any atom is 0.264 e. The van der Waals surface area contributed by atoms with Gasteiger partial charge in [-0.05, 0) is 53.9 Å². The molecule has 0 saturated heterocycles. The van der Waals surface area contributed by atoms with Gasteiger partial charge in [0.05, 0.1) is 10.6 Å². The lowest BCUT2D eigenvalue weighted by molar-refractivity contribution is 0.593. The topological polar surface area (TPSA) is 37.4 Å². The van der Waals surface area contributed by atoms with E-state index in [0.717, 1.165) is 21.9 Å². The molecule has 3 nitrogen and oxygen atoms in total. The van der Waals surface area contributed by atoms with Crippen LogP contribution in [-0.4, -0.2) is 15.5 Å². The number of benzene rings is 3. The highest BCUT2D eigenvalue weighted by Gasteiger charge is 2.23. The molecule has 4 heteroatoms. The Morgan fingerprint density at radius 3 is 2.26 bits per heavy atom. The third-order valence-electron chi connectivity index (χ3n) is 4.08. The van der Waals surface area contributed by atoms with Crippen LogP contribution in [0.3, 0.4) is 0 Å². The highest BCUT2D eigenvalue weighted by atomic mass is 32.2. The van der Waals surface area contributed by atoms with Gasteiger partial charge in [0.2, 0.25) is 0 Å². The summed E-state index contributed by atoms with van der Waals surface area (Å²) in [5.41, 5.74) is 2.34. The lowest BCUT2D eigenvalue weighted by Crippen LogP contribution is -2.27. The normalized spacial score (nSPS) is 11.6. The molecule has 0 heterocycles. The van der Waals surface area contributed by atoms with Gasteiger partial charge in [-0.3, -0.25) is 4.31 Å². The fourth-order valence-electron chi connectivity index (χ4n) is 2.64. The summed E-state index contributed by atoms with van der Waals surface area (Å²) in [6.45, 7) is 3.72. The third-order valence-corrected chi connectivity index (χ3v) is 6.01. The Kier molecular flexibility index (Phi) is 3.86. The fraction of sp³-hybridized carbons (Fsp3) is 0.158. The Morgan fingerprint density at radius 2 is 1.52 bits per heavy atom. The molecular formula is C19H19NO2S. The van der Waals surface area contributed by atoms with E-state index in [9.17, 15) is 8.42 Å². The van der Waals surface area contributed by atoms with Crippen LogP contribution in [-0.2, 0) is 10.0 Å². The van der Waals surface area contributed by atoms with Gasteiger partial charge < -0.3 is 0 Å². The van der Waals surface area contributed by atoms with Gasteiger partial charge >= 0.3 is 0 Å². The molecule has 0 aliphatic rings. The average Bonchev–Trinajstić information content (AvgIpc) is 2.55. The molecule has 0 unspecified atom stereocenters. The van der Waals surface area contributed by atoms with E-state index < -0.39 is 10.0 Å². The van der Waals surface area contributed by atoms with E-state index in [-0.39, 0.29) is 0 Å². The van der Waals surface area contributed by atoms with Gasteiger partial charge in [0, 0.05) is 7.05 Å². The van der Waals surface area contributed by atoms with Crippen LogP contribution in [0.25, 0.3) is 10.8 Å². The molecule has 0 radical (unpaired) electrons. The second-order valence-electron chi connectivity index (χ2n) is 5.77. The maximum absolute atomic E-state index is 13.0. The van der Waals surface area contributed by atoms with Crippen molar-refractivity contribution in [3.05, 3.63) is 71.8 Å². The standard InChI is InChI=1S/C19H19NO2S/c1-14-8-9-15(2)19(12-14)23(21,22)20(3)18-11-10-16-6-4-5-7-17(16)13-18/h4-13H,1-3H3. The summed E-state index contributed by atoms with van der Waals surface area (Å²) in [4.78, 5) is 0.355. The summed E-state index contributed by atoms with van der Waals surface area (Å²) in [7, 11) is -1.98. The molecule has 0 bridgehead atoms. The van der Waals surface area contributed by atoms with Crippen molar-refractivity contribution in [2.24, 2.45) is 0 Å². The molecule has 3 rings (SSSR count). The fourth-order valence-corrected chi connectivity index (χ4v) is 4.14. The van der Waals surface area contributed by atoms with E-state index in [2.05, 4.69) is 0 Å². The zero-order valence-corrected chi connectivity index (χ0v) is 14.3. The highest BCUT2D eigenvalue weighted by Crippen LogP contribution is 2.27. The van der Waals surface area contributed by atoms with Crippen molar-refractivity contribution in [3.8, 4) is 0 Å². The lowest BCUT2D eigenvalue weighted by atomic mass is 10.1. The Morgan fingerprint density at radius 1 is 0.826 bits per heavy atom. The van der Waals surface area contributed by atoms with Crippen molar-refractivity contribution in [3.63, 3.8) is 0 Å². The van der Waals surface area contributed by atoms with Gasteiger partial charge in [-0.25, -0.2) is 8.42 Å². The van der Waals surface area contributed by atoms with Crippen molar-refractivity contribution >= 4 is 26.5 Å². The minimum absolute atomic E-state index is 0.355. The van der Waals surface area contributed by atoms with Crippen LogP contribution in [0.4, 0.5) is 5.69 Å². The molecule has 0 amide bonds. The lowest BCUT2D eigenvalue weighted by Gasteiger charge is -2.21. The summed E-state index contributed by atoms with van der Waals surface area (Å²) in [6, 6.07) is 19.1. The first-order chi connectivity index (χ1) is 10.9. The van der Waals surface area contributed by atoms with E-state index in [0.29, 0.717) is 10.6 Å². The Balaban J connectivity index is 2.09. The minimum Gasteiger partial charge on any atom is -0.269 e. The van der Waals surface area contributed by atoms with Gasteiger partial charge in [0.15, 0.2) is 0 Å². The summed E-state index contributed by atoms with van der Waals surface area (Å²) in [6.07, 6.45) is 0. The minimum atomic E-state index is -3.58. The monoisotopic (exact) mass is 325 g/mol. The van der Waals surface area contributed by atoms with Gasteiger partial charge in [0.25, 0.3) is 10.0 Å². The predicted octanol–water partition coefficient (Wildman–Crippen LogP) is 4.28. The van der Waals surface area contributed by atoms with E-state index in [1.54, 1.807) is 13.1 Å². The average molecular weight is 325 g/mol. The zero-order chi connectivity index (χ0) is 16.6. The highest BCUT2D eigenvalue weighted by molar-refractivity contribution is 7.92. The van der Waals surface area contributed by atoms with Crippen molar-refractivity contribution in [2.45, 2.75) is 18.7 Å². The van der Waals surface area contributed by atoms with E-state index in [4.69, 9.17) is 0 Å². The number of aryl methyl sites for hydroxylation is 2. The number of nitrogens with zero attached hydrogens (tertiary/aromatic N) is 1. The van der Waals surface area contributed by atoms with Crippen LogP contribution < -0.4 is 4.31 Å². The Bertz CT molecular complexity index is 978. The molecule has 0 aliphatic carbocycles. The molecular weight excluding hydrogens is 306 g/mol. The van der Waals surface area contributed by atoms with Crippen LogP contribution >= 0.6 is 0 Å². The van der Waals surface area contributed by atoms with Gasteiger partial charge in [0.1, 0.15) is 0 Å². The smallest absolute Gasteiger partial charge is 0.264 e. The van der Waals surface area contributed by atoms with Crippen LogP contribution in [0.15, 0.2) is 65.6 Å². The van der Waals surface area contributed by atoms with Crippen molar-refractivity contribution in [1.82, 2.24) is 0 Å². The number of anilines is 1. The first-order valence-electron chi connectivity index (χ1n) is 7.44. The number of hydrogen-bond donors (Lipinski definition) is 0. The molecule has 0 aliphatic heterocycles. The first kappa shape index (κ1) is 15.6. The third kappa shape index (κ3) is 2.82. The predicted molar refractivity (Wildman–Crippen MR) is 95.5 cm³/mol. The van der Waals surface area contributed by atoms with Crippen molar-refractivity contribution < 1.29 is 8.42 Å². The SMILES string of the molecule is Cc1ccc(C)c(S(=O)(=O)N(C)c2ccc3ccccc3c2)c1. The van der Waals surface area contributed by atoms with Crippen LogP contribution in [0.1, 0.15) is 11.1 Å². The molecule has 0 spiro atoms. The molecule has 0 N–H and O–H groups in total. The quantitative estimate of drug-likeness (QED) is 0.721. The summed E-state index contributed by atoms with van der Waals surface area (Å²) >= 11 is 0.